The van der Waals surface area contributed by atoms with Gasteiger partial charge >= 0.3 is 0 Å². The first-order valence-electron chi connectivity index (χ1n) is 6.82. The van der Waals surface area contributed by atoms with Crippen LogP contribution in [0.3, 0.4) is 0 Å². The lowest BCUT2D eigenvalue weighted by molar-refractivity contribution is 0.368. The Morgan fingerprint density at radius 3 is 2.83 bits per heavy atom. The summed E-state index contributed by atoms with van der Waals surface area (Å²) in [5, 5.41) is 8.00. The number of hydrogen-bond acceptors (Lipinski definition) is 3. The molecule has 0 spiro atoms. The fraction of sp³-hybridized carbons (Fsp3) is 0.786. The van der Waals surface area contributed by atoms with Crippen LogP contribution in [0.5, 0.6) is 5.88 Å². The maximum atomic E-state index is 5.47. The van der Waals surface area contributed by atoms with Crippen LogP contribution in [0.25, 0.3) is 0 Å². The normalized spacial score (nSPS) is 22.6. The topological polar surface area (TPSA) is 39.1 Å². The lowest BCUT2D eigenvalue weighted by Gasteiger charge is -2.07. The number of ether oxygens (including phenoxy) is 1. The molecule has 18 heavy (non-hydrogen) atoms. The van der Waals surface area contributed by atoms with Crippen molar-refractivity contribution in [2.75, 3.05) is 20.2 Å². The summed E-state index contributed by atoms with van der Waals surface area (Å²) < 4.78 is 7.32. The molecule has 1 aliphatic rings. The van der Waals surface area contributed by atoms with E-state index >= 15 is 0 Å². The molecule has 0 bridgehead atoms. The van der Waals surface area contributed by atoms with Gasteiger partial charge in [-0.15, -0.1) is 0 Å². The number of methoxy groups -OCH3 is 1. The van der Waals surface area contributed by atoms with E-state index in [4.69, 9.17) is 4.74 Å². The first-order valence-corrected chi connectivity index (χ1v) is 6.82. The zero-order valence-electron chi connectivity index (χ0n) is 12.2. The minimum atomic E-state index is 0.633. The Labute approximate surface area is 110 Å². The van der Waals surface area contributed by atoms with Crippen molar-refractivity contribution < 1.29 is 4.74 Å². The van der Waals surface area contributed by atoms with Gasteiger partial charge in [-0.1, -0.05) is 13.8 Å². The van der Waals surface area contributed by atoms with Crippen molar-refractivity contribution in [2.45, 2.75) is 33.1 Å². The third-order valence-corrected chi connectivity index (χ3v) is 3.66. The third-order valence-electron chi connectivity index (χ3n) is 3.66. The predicted molar refractivity (Wildman–Crippen MR) is 73.1 cm³/mol. The van der Waals surface area contributed by atoms with Gasteiger partial charge in [0.1, 0.15) is 0 Å². The molecule has 1 saturated carbocycles. The molecule has 1 N–H and O–H groups in total. The van der Waals surface area contributed by atoms with E-state index in [1.54, 1.807) is 7.11 Å². The highest BCUT2D eigenvalue weighted by Crippen LogP contribution is 2.51. The highest BCUT2D eigenvalue weighted by atomic mass is 16.5. The second kappa shape index (κ2) is 5.31. The molecular weight excluding hydrogens is 226 g/mol. The second-order valence-corrected chi connectivity index (χ2v) is 5.79. The Morgan fingerprint density at radius 2 is 2.22 bits per heavy atom. The van der Waals surface area contributed by atoms with Crippen molar-refractivity contribution in [3.8, 4) is 5.88 Å². The quantitative estimate of drug-likeness (QED) is 0.841. The van der Waals surface area contributed by atoms with Crippen LogP contribution in [0.4, 0.5) is 0 Å². The van der Waals surface area contributed by atoms with E-state index in [2.05, 4.69) is 31.2 Å². The average Bonchev–Trinajstić information content (AvgIpc) is 2.97. The standard InChI is InChI=1S/C14H25N3O/c1-9(2)7-15-8-11-6-12(11)13-10(3)16-17(4)14(13)18-5/h9,11-12,15H,6-8H2,1-5H3. The number of nitrogens with zero attached hydrogens (tertiary/aromatic N) is 2. The fourth-order valence-electron chi connectivity index (χ4n) is 2.71. The molecule has 4 heteroatoms. The number of hydrogen-bond donors (Lipinski definition) is 1. The lowest BCUT2D eigenvalue weighted by Crippen LogP contribution is -2.22. The molecule has 0 saturated heterocycles. The summed E-state index contributed by atoms with van der Waals surface area (Å²) in [5.74, 6) is 3.04. The molecule has 102 valence electrons. The molecule has 1 aliphatic carbocycles. The van der Waals surface area contributed by atoms with Gasteiger partial charge in [0.05, 0.1) is 12.8 Å². The molecule has 1 aromatic heterocycles. The summed E-state index contributed by atoms with van der Waals surface area (Å²) >= 11 is 0. The van der Waals surface area contributed by atoms with Crippen molar-refractivity contribution in [1.82, 2.24) is 15.1 Å². The minimum absolute atomic E-state index is 0.633. The van der Waals surface area contributed by atoms with Crippen LogP contribution < -0.4 is 10.1 Å². The summed E-state index contributed by atoms with van der Waals surface area (Å²) in [6.07, 6.45) is 1.26. The maximum Gasteiger partial charge on any atom is 0.215 e. The van der Waals surface area contributed by atoms with Gasteiger partial charge in [0.2, 0.25) is 5.88 Å². The van der Waals surface area contributed by atoms with Crippen LogP contribution in [0.1, 0.15) is 37.4 Å². The van der Waals surface area contributed by atoms with E-state index in [9.17, 15) is 0 Å². The molecule has 0 aliphatic heterocycles. The van der Waals surface area contributed by atoms with Gasteiger partial charge in [0.15, 0.2) is 0 Å². The van der Waals surface area contributed by atoms with E-state index in [1.807, 2.05) is 11.7 Å². The highest BCUT2D eigenvalue weighted by molar-refractivity contribution is 5.38. The predicted octanol–water partition coefficient (Wildman–Crippen LogP) is 2.09. The van der Waals surface area contributed by atoms with Crippen molar-refractivity contribution in [2.24, 2.45) is 18.9 Å². The number of nitrogens with one attached hydrogen (secondary N) is 1. The number of rotatable bonds is 6. The van der Waals surface area contributed by atoms with Gasteiger partial charge in [-0.3, -0.25) is 0 Å². The summed E-state index contributed by atoms with van der Waals surface area (Å²) in [6, 6.07) is 0. The summed E-state index contributed by atoms with van der Waals surface area (Å²) in [6.45, 7) is 8.78. The summed E-state index contributed by atoms with van der Waals surface area (Å²) in [4.78, 5) is 0. The van der Waals surface area contributed by atoms with Gasteiger partial charge in [-0.2, -0.15) is 5.10 Å². The number of aryl methyl sites for hydroxylation is 2. The SMILES string of the molecule is COc1c(C2CC2CNCC(C)C)c(C)nn1C. The first kappa shape index (κ1) is 13.4. The highest BCUT2D eigenvalue weighted by Gasteiger charge is 2.42. The van der Waals surface area contributed by atoms with Crippen LogP contribution in [-0.4, -0.2) is 30.0 Å². The Kier molecular flexibility index (Phi) is 3.95. The van der Waals surface area contributed by atoms with Gasteiger partial charge in [0.25, 0.3) is 0 Å². The smallest absolute Gasteiger partial charge is 0.215 e. The summed E-state index contributed by atoms with van der Waals surface area (Å²) in [5.41, 5.74) is 2.43. The Bertz CT molecular complexity index is 411. The zero-order chi connectivity index (χ0) is 13.3. The molecule has 1 aromatic rings. The second-order valence-electron chi connectivity index (χ2n) is 5.79. The third kappa shape index (κ3) is 2.69. The zero-order valence-corrected chi connectivity index (χ0v) is 12.2. The van der Waals surface area contributed by atoms with Gasteiger partial charge in [-0.05, 0) is 44.2 Å². The van der Waals surface area contributed by atoms with Crippen molar-refractivity contribution >= 4 is 0 Å². The van der Waals surface area contributed by atoms with Crippen LogP contribution in [0.15, 0.2) is 0 Å². The molecule has 0 aromatic carbocycles. The molecule has 2 unspecified atom stereocenters. The van der Waals surface area contributed by atoms with E-state index < -0.39 is 0 Å². The van der Waals surface area contributed by atoms with Gasteiger partial charge in [-0.25, -0.2) is 4.68 Å². The van der Waals surface area contributed by atoms with Crippen molar-refractivity contribution in [1.29, 1.82) is 0 Å². The van der Waals surface area contributed by atoms with Crippen molar-refractivity contribution in [3.63, 3.8) is 0 Å². The van der Waals surface area contributed by atoms with Crippen LogP contribution in [0, 0.1) is 18.8 Å². The Hall–Kier alpha value is -1.03. The number of aromatic nitrogens is 2. The molecule has 0 amide bonds. The Balaban J connectivity index is 1.95. The van der Waals surface area contributed by atoms with Crippen molar-refractivity contribution in [3.05, 3.63) is 11.3 Å². The van der Waals surface area contributed by atoms with Gasteiger partial charge in [0, 0.05) is 12.6 Å². The molecule has 1 fully saturated rings. The fourth-order valence-corrected chi connectivity index (χ4v) is 2.71. The molecule has 2 rings (SSSR count). The summed E-state index contributed by atoms with van der Waals surface area (Å²) in [7, 11) is 3.68. The van der Waals surface area contributed by atoms with Crippen LogP contribution in [0.2, 0.25) is 0 Å². The van der Waals surface area contributed by atoms with E-state index in [0.717, 1.165) is 36.5 Å². The van der Waals surface area contributed by atoms with E-state index in [0.29, 0.717) is 5.92 Å². The Morgan fingerprint density at radius 1 is 1.50 bits per heavy atom. The minimum Gasteiger partial charge on any atom is -0.481 e. The average molecular weight is 251 g/mol. The maximum absolute atomic E-state index is 5.47. The largest absolute Gasteiger partial charge is 0.481 e. The van der Waals surface area contributed by atoms with E-state index in [-0.39, 0.29) is 0 Å². The van der Waals surface area contributed by atoms with Crippen LogP contribution in [-0.2, 0) is 7.05 Å². The molecule has 2 atom stereocenters. The first-order chi connectivity index (χ1) is 8.54. The van der Waals surface area contributed by atoms with E-state index in [1.165, 1.54) is 12.0 Å². The van der Waals surface area contributed by atoms with Crippen LogP contribution >= 0.6 is 0 Å². The monoisotopic (exact) mass is 251 g/mol. The molecular formula is C14H25N3O. The molecule has 1 heterocycles. The molecule has 4 nitrogen and oxygen atoms in total. The van der Waals surface area contributed by atoms with Gasteiger partial charge < -0.3 is 10.1 Å². The molecule has 0 radical (unpaired) electrons. The lowest BCUT2D eigenvalue weighted by atomic mass is 10.1.